The summed E-state index contributed by atoms with van der Waals surface area (Å²) in [6.45, 7) is 1.81. The molecule has 17 heavy (non-hydrogen) atoms. The van der Waals surface area contributed by atoms with Gasteiger partial charge in [-0.2, -0.15) is 0 Å². The molecule has 0 aliphatic rings. The van der Waals surface area contributed by atoms with Crippen LogP contribution in [0.3, 0.4) is 0 Å². The molecule has 90 valence electrons. The number of nitrogens with two attached hydrogens (primary N) is 1. The largest absolute Gasteiger partial charge is 0.385 e. The third-order valence-corrected chi connectivity index (χ3v) is 2.54. The van der Waals surface area contributed by atoms with Crippen molar-refractivity contribution in [2.24, 2.45) is 0 Å². The van der Waals surface area contributed by atoms with Gasteiger partial charge in [0.2, 0.25) is 0 Å². The second-order valence-corrected chi connectivity index (χ2v) is 3.78. The Labute approximate surface area is 97.3 Å². The number of anilines is 1. The van der Waals surface area contributed by atoms with Gasteiger partial charge < -0.3 is 15.4 Å². The Hall–Kier alpha value is -2.02. The Morgan fingerprint density at radius 1 is 1.53 bits per heavy atom. The Morgan fingerprint density at radius 2 is 2.29 bits per heavy atom. The van der Waals surface area contributed by atoms with E-state index in [4.69, 9.17) is 5.73 Å². The van der Waals surface area contributed by atoms with Crippen molar-refractivity contribution in [2.75, 3.05) is 5.73 Å². The van der Waals surface area contributed by atoms with Crippen molar-refractivity contribution >= 4 is 22.8 Å². The molecule has 3 N–H and O–H groups in total. The predicted molar refractivity (Wildman–Crippen MR) is 61.0 cm³/mol. The summed E-state index contributed by atoms with van der Waals surface area (Å²) in [6, 6.07) is 0. The van der Waals surface area contributed by atoms with Gasteiger partial charge in [-0.25, -0.2) is 15.0 Å². The Bertz CT molecular complexity index is 551. The van der Waals surface area contributed by atoms with Crippen LogP contribution in [-0.4, -0.2) is 36.5 Å². The number of aromatic nitrogens is 4. The number of aliphatic hydroxyl groups is 1. The van der Waals surface area contributed by atoms with Crippen LogP contribution in [0.2, 0.25) is 0 Å². The molecule has 7 heteroatoms. The first-order chi connectivity index (χ1) is 8.09. The van der Waals surface area contributed by atoms with Crippen LogP contribution in [0, 0.1) is 0 Å². The van der Waals surface area contributed by atoms with Crippen molar-refractivity contribution in [1.82, 2.24) is 19.5 Å². The number of imidazole rings is 1. The quantitative estimate of drug-likeness (QED) is 0.756. The summed E-state index contributed by atoms with van der Waals surface area (Å²) in [6.07, 6.45) is 2.30. The highest BCUT2D eigenvalue weighted by atomic mass is 16.3. The zero-order chi connectivity index (χ0) is 12.4. The minimum Gasteiger partial charge on any atom is -0.385 e. The van der Waals surface area contributed by atoms with Crippen molar-refractivity contribution in [3.05, 3.63) is 12.7 Å². The maximum absolute atomic E-state index is 10.9. The molecule has 0 radical (unpaired) electrons. The molecule has 0 fully saturated rings. The van der Waals surface area contributed by atoms with Gasteiger partial charge in [0.25, 0.3) is 0 Å². The summed E-state index contributed by atoms with van der Waals surface area (Å²) in [4.78, 5) is 22.9. The van der Waals surface area contributed by atoms with Gasteiger partial charge in [-0.15, -0.1) is 0 Å². The van der Waals surface area contributed by atoms with Crippen LogP contribution in [-0.2, 0) is 11.3 Å². The highest BCUT2D eigenvalue weighted by molar-refractivity contribution is 5.81. The van der Waals surface area contributed by atoms with E-state index in [2.05, 4.69) is 15.0 Å². The van der Waals surface area contributed by atoms with Gasteiger partial charge in [-0.3, -0.25) is 4.79 Å². The summed E-state index contributed by atoms with van der Waals surface area (Å²) in [5, 5.41) is 9.41. The summed E-state index contributed by atoms with van der Waals surface area (Å²) < 4.78 is 1.74. The van der Waals surface area contributed by atoms with E-state index >= 15 is 0 Å². The number of carbonyl (C=O) groups is 1. The van der Waals surface area contributed by atoms with Crippen molar-refractivity contribution in [3.8, 4) is 0 Å². The number of nitrogen functional groups attached to an aromatic ring is 1. The van der Waals surface area contributed by atoms with E-state index in [1.807, 2.05) is 0 Å². The monoisotopic (exact) mass is 235 g/mol. The minimum absolute atomic E-state index is 0.247. The number of fused-ring (bicyclic) bond motifs is 1. The maximum Gasteiger partial charge on any atom is 0.165 e. The lowest BCUT2D eigenvalue weighted by atomic mass is 10.2. The van der Waals surface area contributed by atoms with Gasteiger partial charge in [0.05, 0.1) is 6.33 Å². The highest BCUT2D eigenvalue weighted by Crippen LogP contribution is 2.14. The molecule has 0 saturated heterocycles. The first kappa shape index (κ1) is 11.5. The van der Waals surface area contributed by atoms with Crippen LogP contribution in [0.1, 0.15) is 13.3 Å². The lowest BCUT2D eigenvalue weighted by molar-refractivity contribution is -0.125. The number of rotatable bonds is 4. The van der Waals surface area contributed by atoms with Crippen molar-refractivity contribution in [1.29, 1.82) is 0 Å². The van der Waals surface area contributed by atoms with E-state index in [-0.39, 0.29) is 5.78 Å². The van der Waals surface area contributed by atoms with Crippen molar-refractivity contribution in [2.45, 2.75) is 26.0 Å². The summed E-state index contributed by atoms with van der Waals surface area (Å²) in [5.74, 6) is 0.0735. The molecular weight excluding hydrogens is 222 g/mol. The lowest BCUT2D eigenvalue weighted by Crippen LogP contribution is -2.19. The SMILES string of the molecule is CC(=O)C(O)CCn1cnc2c(N)ncnc21. The Morgan fingerprint density at radius 3 is 3.00 bits per heavy atom. The molecule has 1 unspecified atom stereocenters. The molecule has 0 amide bonds. The van der Waals surface area contributed by atoms with Gasteiger partial charge in [0.15, 0.2) is 17.2 Å². The van der Waals surface area contributed by atoms with Gasteiger partial charge in [0, 0.05) is 6.54 Å². The molecule has 2 rings (SSSR count). The predicted octanol–water partition coefficient (Wildman–Crippen LogP) is -0.252. The summed E-state index contributed by atoms with van der Waals surface area (Å²) in [7, 11) is 0. The Kier molecular flexibility index (Phi) is 3.01. The van der Waals surface area contributed by atoms with Gasteiger partial charge in [-0.1, -0.05) is 0 Å². The molecule has 1 atom stereocenters. The molecule has 0 spiro atoms. The number of aryl methyl sites for hydroxylation is 1. The first-order valence-electron chi connectivity index (χ1n) is 5.19. The standard InChI is InChI=1S/C10H13N5O2/c1-6(16)7(17)2-3-15-5-14-8-9(11)12-4-13-10(8)15/h4-5,7,17H,2-3H2,1H3,(H2,11,12,13). The Balaban J connectivity index is 2.20. The smallest absolute Gasteiger partial charge is 0.165 e. The molecule has 0 aromatic carbocycles. The number of aliphatic hydroxyl groups excluding tert-OH is 1. The van der Waals surface area contributed by atoms with E-state index in [1.165, 1.54) is 13.3 Å². The van der Waals surface area contributed by atoms with E-state index in [1.54, 1.807) is 10.9 Å². The molecule has 0 aliphatic carbocycles. The molecule has 0 bridgehead atoms. The topological polar surface area (TPSA) is 107 Å². The number of ketones is 1. The molecule has 0 aliphatic heterocycles. The van der Waals surface area contributed by atoms with Crippen LogP contribution in [0.25, 0.3) is 11.2 Å². The zero-order valence-electron chi connectivity index (χ0n) is 9.37. The number of nitrogens with zero attached hydrogens (tertiary/aromatic N) is 4. The molecule has 7 nitrogen and oxygen atoms in total. The molecular formula is C10H13N5O2. The first-order valence-corrected chi connectivity index (χ1v) is 5.19. The van der Waals surface area contributed by atoms with Gasteiger partial charge in [0.1, 0.15) is 17.9 Å². The molecule has 0 saturated carbocycles. The van der Waals surface area contributed by atoms with Crippen LogP contribution >= 0.6 is 0 Å². The third-order valence-electron chi connectivity index (χ3n) is 2.54. The van der Waals surface area contributed by atoms with Crippen LogP contribution in [0.4, 0.5) is 5.82 Å². The minimum atomic E-state index is -0.952. The van der Waals surface area contributed by atoms with Crippen LogP contribution in [0.15, 0.2) is 12.7 Å². The third kappa shape index (κ3) is 2.23. The normalized spacial score (nSPS) is 12.8. The zero-order valence-corrected chi connectivity index (χ0v) is 9.37. The number of Topliss-reactive ketones (excluding diaryl/α,β-unsaturated/α-hetero) is 1. The second kappa shape index (κ2) is 4.46. The molecule has 2 heterocycles. The number of hydrogen-bond donors (Lipinski definition) is 2. The molecule has 2 aromatic rings. The van der Waals surface area contributed by atoms with E-state index in [0.717, 1.165) is 0 Å². The van der Waals surface area contributed by atoms with Crippen molar-refractivity contribution < 1.29 is 9.90 Å². The average Bonchev–Trinajstić information content (AvgIpc) is 2.70. The number of carbonyl (C=O) groups excluding carboxylic acids is 1. The van der Waals surface area contributed by atoms with E-state index in [0.29, 0.717) is 29.9 Å². The average molecular weight is 235 g/mol. The highest BCUT2D eigenvalue weighted by Gasteiger charge is 2.12. The van der Waals surface area contributed by atoms with Crippen molar-refractivity contribution in [3.63, 3.8) is 0 Å². The fraction of sp³-hybridized carbons (Fsp3) is 0.400. The van der Waals surface area contributed by atoms with Crippen LogP contribution < -0.4 is 5.73 Å². The molecule has 2 aromatic heterocycles. The fourth-order valence-corrected chi connectivity index (χ4v) is 1.53. The van der Waals surface area contributed by atoms with Crippen LogP contribution in [0.5, 0.6) is 0 Å². The fourth-order valence-electron chi connectivity index (χ4n) is 1.53. The van der Waals surface area contributed by atoms with Gasteiger partial charge >= 0.3 is 0 Å². The second-order valence-electron chi connectivity index (χ2n) is 3.78. The van der Waals surface area contributed by atoms with E-state index in [9.17, 15) is 9.90 Å². The number of hydrogen-bond acceptors (Lipinski definition) is 6. The van der Waals surface area contributed by atoms with Gasteiger partial charge in [-0.05, 0) is 13.3 Å². The maximum atomic E-state index is 10.9. The van der Waals surface area contributed by atoms with E-state index < -0.39 is 6.10 Å². The lowest BCUT2D eigenvalue weighted by Gasteiger charge is -2.07. The summed E-state index contributed by atoms with van der Waals surface area (Å²) >= 11 is 0. The summed E-state index contributed by atoms with van der Waals surface area (Å²) in [5.41, 5.74) is 6.78.